The molecule has 0 unspecified atom stereocenters. The van der Waals surface area contributed by atoms with Gasteiger partial charge in [-0.05, 0) is 36.4 Å². The normalized spacial score (nSPS) is 10.3. The van der Waals surface area contributed by atoms with Crippen LogP contribution in [-0.4, -0.2) is 23.9 Å². The third kappa shape index (κ3) is 16.7. The van der Waals surface area contributed by atoms with E-state index in [9.17, 15) is 40.3 Å². The van der Waals surface area contributed by atoms with E-state index in [1.165, 1.54) is 0 Å². The van der Waals surface area contributed by atoms with Crippen LogP contribution >= 0.6 is 170 Å². The van der Waals surface area contributed by atoms with Gasteiger partial charge in [0.2, 0.25) is 0 Å². The van der Waals surface area contributed by atoms with Crippen LogP contribution in [0, 0.1) is 5.82 Å². The number of halogens is 19. The number of alkyl halides is 6. The Hall–Kier alpha value is 2.08. The van der Waals surface area contributed by atoms with E-state index in [1.54, 1.807) is 12.1 Å². The predicted octanol–water partition coefficient (Wildman–Crippen LogP) is 15.1. The first-order chi connectivity index (χ1) is 19.1. The summed E-state index contributed by atoms with van der Waals surface area (Å²) in [6.45, 7) is 0. The number of hydrogen-bond donors (Lipinski definition) is 0. The summed E-state index contributed by atoms with van der Waals surface area (Å²) in [7, 11) is 0. The molecule has 0 bridgehead atoms. The number of hydrogen-bond acceptors (Lipinski definition) is 2. The van der Waals surface area contributed by atoms with Gasteiger partial charge in [0.1, 0.15) is 0 Å². The molecule has 2 nitrogen and oxygen atoms in total. The quantitative estimate of drug-likeness (QED) is 0.0843. The number of carbonyl (C=O) groups is 2. The summed E-state index contributed by atoms with van der Waals surface area (Å²) in [5, 5.41) is -0.426. The van der Waals surface area contributed by atoms with Gasteiger partial charge in [0.25, 0.3) is 11.6 Å². The van der Waals surface area contributed by atoms with Gasteiger partial charge in [-0.25, -0.2) is 4.39 Å². The molecular formula is C22H7BrCl8F7I3O2V. The fraction of sp³-hybridized carbons (Fsp3) is 0.0909. The summed E-state index contributed by atoms with van der Waals surface area (Å²) in [5.41, 5.74) is -1.43. The zero-order chi connectivity index (χ0) is 33.3. The Bertz CT molecular complexity index is 1300. The first-order valence-corrected chi connectivity index (χ1v) is 19.6. The molecule has 0 saturated carbocycles. The van der Waals surface area contributed by atoms with Crippen molar-refractivity contribution in [1.82, 2.24) is 0 Å². The molecule has 3 aromatic rings. The summed E-state index contributed by atoms with van der Waals surface area (Å²) in [6.07, 6.45) is -10.00. The zero-order valence-electron chi connectivity index (χ0n) is 19.9. The number of rotatable bonds is 2. The van der Waals surface area contributed by atoms with Crippen LogP contribution in [0.5, 0.6) is 0 Å². The maximum absolute atomic E-state index is 12.8. The summed E-state index contributed by atoms with van der Waals surface area (Å²) in [5.74, 6) is -5.19. The first kappa shape index (κ1) is 50.5. The van der Waals surface area contributed by atoms with Crippen molar-refractivity contribution in [2.45, 2.75) is 12.4 Å². The standard InChI is InChI=1S/C8H2Cl3F3O.C8H2Cl2F4O.C6H2BrCl3.I2.HI.V/c2*9-4-1-3(2-5(10)6(4)11)7(15)8(12,13)14;7-3-1-4(8)6(10)5(9)2-3;1-2;;/h2*1-2H;1-2H;;1H;. The van der Waals surface area contributed by atoms with Gasteiger partial charge in [-0.3, -0.25) is 9.59 Å². The molecule has 0 amide bonds. The molecule has 3 aromatic carbocycles. The predicted molar refractivity (Wildman–Crippen MR) is 191 cm³/mol. The molecule has 245 valence electrons. The maximum Gasteiger partial charge on any atom is 0.454 e. The van der Waals surface area contributed by atoms with Gasteiger partial charge in [0.15, 0.2) is 5.82 Å². The van der Waals surface area contributed by atoms with Crippen molar-refractivity contribution in [2.75, 3.05) is 0 Å². The minimum atomic E-state index is -5.04. The minimum absolute atomic E-state index is 0. The van der Waals surface area contributed by atoms with Crippen LogP contribution in [0.3, 0.4) is 0 Å². The number of ketones is 2. The van der Waals surface area contributed by atoms with Gasteiger partial charge in [0, 0.05) is 71.4 Å². The Kier molecular flexibility index (Phi) is 26.1. The Labute approximate surface area is 346 Å². The van der Waals surface area contributed by atoms with Crippen molar-refractivity contribution in [1.29, 1.82) is 0 Å². The van der Waals surface area contributed by atoms with Gasteiger partial charge < -0.3 is 0 Å². The molecule has 0 N–H and O–H groups in total. The molecule has 0 heterocycles. The fourth-order valence-electron chi connectivity index (χ4n) is 2.23. The molecule has 0 aliphatic carbocycles. The number of Topliss-reactive ketones (excluding diaryl/α,β-unsaturated/α-hetero) is 2. The van der Waals surface area contributed by atoms with Gasteiger partial charge in [-0.2, -0.15) is 26.3 Å². The number of carbonyl (C=O) groups excluding carboxylic acids is 2. The van der Waals surface area contributed by atoms with E-state index >= 15 is 0 Å². The molecule has 44 heavy (non-hydrogen) atoms. The minimum Gasteiger partial charge on any atom is -0.284 e. The average Bonchev–Trinajstić information content (AvgIpc) is 2.88. The first-order valence-electron chi connectivity index (χ1n) is 9.54. The van der Waals surface area contributed by atoms with E-state index in [-0.39, 0.29) is 57.6 Å². The van der Waals surface area contributed by atoms with E-state index in [0.29, 0.717) is 27.2 Å². The molecule has 22 heteroatoms. The summed E-state index contributed by atoms with van der Waals surface area (Å²) < 4.78 is 85.6. The fourth-order valence-corrected chi connectivity index (χ4v) is 4.63. The molecule has 0 aliphatic rings. The summed E-state index contributed by atoms with van der Waals surface area (Å²) in [4.78, 5) is 21.5. The van der Waals surface area contributed by atoms with Crippen molar-refractivity contribution < 1.29 is 58.9 Å². The molecule has 1 radical (unpaired) electrons. The van der Waals surface area contributed by atoms with Crippen LogP contribution in [0.1, 0.15) is 20.7 Å². The molecule has 0 aromatic heterocycles. The Balaban J connectivity index is -0.000000554. The van der Waals surface area contributed by atoms with Crippen molar-refractivity contribution in [2.24, 2.45) is 0 Å². The molecule has 0 fully saturated rings. The van der Waals surface area contributed by atoms with Crippen LogP contribution in [0.2, 0.25) is 40.2 Å². The smallest absolute Gasteiger partial charge is 0.284 e. The van der Waals surface area contributed by atoms with E-state index in [4.69, 9.17) is 92.8 Å². The van der Waals surface area contributed by atoms with Crippen molar-refractivity contribution in [3.63, 3.8) is 0 Å². The van der Waals surface area contributed by atoms with E-state index in [1.807, 2.05) is 0 Å². The monoisotopic (exact) mass is 1230 g/mol. The third-order valence-corrected chi connectivity index (χ3v) is 7.36. The van der Waals surface area contributed by atoms with Gasteiger partial charge >= 0.3 is 12.4 Å². The largest absolute Gasteiger partial charge is 0.454 e. The van der Waals surface area contributed by atoms with Crippen LogP contribution < -0.4 is 0 Å². The second-order valence-corrected chi connectivity index (χ2v) is 11.0. The summed E-state index contributed by atoms with van der Waals surface area (Å²) >= 11 is 51.4. The van der Waals surface area contributed by atoms with Crippen LogP contribution in [-0.2, 0) is 18.6 Å². The maximum atomic E-state index is 12.8. The molecule has 3 rings (SSSR count). The SMILES string of the molecule is Clc1cc(Br)cc(Cl)c1Cl.I.II.O=C(c1cc(Cl)c(Cl)c(Cl)c1)C(F)(F)F.O=C(c1cc(Cl)c(F)c(Cl)c1)C(F)(F)F.[V]. The second-order valence-electron chi connectivity index (χ2n) is 6.84. The van der Waals surface area contributed by atoms with Gasteiger partial charge in [-0.1, -0.05) is 109 Å². The number of benzene rings is 3. The van der Waals surface area contributed by atoms with Gasteiger partial charge in [0.05, 0.1) is 40.2 Å². The third-order valence-electron chi connectivity index (χ3n) is 3.96. The van der Waals surface area contributed by atoms with E-state index < -0.39 is 50.9 Å². The second kappa shape index (κ2) is 22.7. The van der Waals surface area contributed by atoms with E-state index in [2.05, 4.69) is 53.2 Å². The molecule has 0 aliphatic heterocycles. The van der Waals surface area contributed by atoms with Crippen molar-refractivity contribution >= 4 is 182 Å². The topological polar surface area (TPSA) is 34.1 Å². The molecular weight excluding hydrogens is 1220 g/mol. The van der Waals surface area contributed by atoms with Crippen molar-refractivity contribution in [3.8, 4) is 0 Å². The van der Waals surface area contributed by atoms with Gasteiger partial charge in [-0.15, -0.1) is 24.0 Å². The van der Waals surface area contributed by atoms with Crippen LogP contribution in [0.15, 0.2) is 40.9 Å². The molecule has 0 saturated heterocycles. The Morgan fingerprint density at radius 2 is 0.795 bits per heavy atom. The Morgan fingerprint density at radius 1 is 0.568 bits per heavy atom. The Morgan fingerprint density at radius 3 is 1.05 bits per heavy atom. The van der Waals surface area contributed by atoms with Crippen LogP contribution in [0.4, 0.5) is 30.7 Å². The van der Waals surface area contributed by atoms with Crippen LogP contribution in [0.25, 0.3) is 0 Å². The molecule has 0 atom stereocenters. The zero-order valence-corrected chi connectivity index (χ0v) is 35.6. The van der Waals surface area contributed by atoms with Crippen molar-refractivity contribution in [3.05, 3.63) is 98.0 Å². The average molecular weight is 1230 g/mol. The van der Waals surface area contributed by atoms with E-state index in [0.717, 1.165) is 16.6 Å². The summed E-state index contributed by atoms with van der Waals surface area (Å²) in [6, 6.07) is 6.19. The molecule has 0 spiro atoms.